The highest BCUT2D eigenvalue weighted by atomic mass is 32.1. The lowest BCUT2D eigenvalue weighted by molar-refractivity contribution is -0.145. The van der Waals surface area contributed by atoms with Crippen molar-refractivity contribution in [2.45, 2.75) is 33.3 Å². The second-order valence-electron chi connectivity index (χ2n) is 2.53. The molecule has 1 atom stereocenters. The first-order chi connectivity index (χ1) is 5.97. The Balaban J connectivity index is 3.96. The number of nitrogens with one attached hydrogen (secondary N) is 1. The molecule has 0 saturated carbocycles. The Morgan fingerprint density at radius 2 is 2.08 bits per heavy atom. The molecule has 0 aromatic rings. The summed E-state index contributed by atoms with van der Waals surface area (Å²) in [5, 5.41) is 2.39. The Kier molecular flexibility index (Phi) is 5.22. The van der Waals surface area contributed by atoms with Crippen LogP contribution in [-0.2, 0) is 14.3 Å². The van der Waals surface area contributed by atoms with E-state index in [0.29, 0.717) is 6.42 Å². The molecular formula is C8H13NO3S. The molecule has 5 heteroatoms. The standard InChI is InChI=1S/C8H13NO3S/c1-4-7(11)12-5(2)8(13)9-6(3)10/h5H,4H2,1-3H3,(H,9,10,13). The van der Waals surface area contributed by atoms with Crippen molar-refractivity contribution < 1.29 is 14.3 Å². The molecule has 0 spiro atoms. The average molecular weight is 203 g/mol. The summed E-state index contributed by atoms with van der Waals surface area (Å²) >= 11 is 4.81. The van der Waals surface area contributed by atoms with Gasteiger partial charge in [-0.1, -0.05) is 19.1 Å². The second-order valence-corrected chi connectivity index (χ2v) is 2.97. The van der Waals surface area contributed by atoms with Crippen LogP contribution in [0, 0.1) is 0 Å². The van der Waals surface area contributed by atoms with Gasteiger partial charge in [0.2, 0.25) is 5.91 Å². The monoisotopic (exact) mass is 203 g/mol. The number of rotatable bonds is 3. The van der Waals surface area contributed by atoms with E-state index in [-0.39, 0.29) is 16.9 Å². The summed E-state index contributed by atoms with van der Waals surface area (Å²) in [6.45, 7) is 4.66. The van der Waals surface area contributed by atoms with Gasteiger partial charge in [0.1, 0.15) is 11.1 Å². The fraction of sp³-hybridized carbons (Fsp3) is 0.625. The van der Waals surface area contributed by atoms with Crippen molar-refractivity contribution in [2.24, 2.45) is 0 Å². The zero-order valence-corrected chi connectivity index (χ0v) is 8.73. The predicted octanol–water partition coefficient (Wildman–Crippen LogP) is 0.792. The molecule has 0 fully saturated rings. The van der Waals surface area contributed by atoms with E-state index in [1.54, 1.807) is 13.8 Å². The Bertz CT molecular complexity index is 227. The van der Waals surface area contributed by atoms with Crippen molar-refractivity contribution in [2.75, 3.05) is 0 Å². The minimum atomic E-state index is -0.550. The SMILES string of the molecule is CCC(=O)OC(C)C(=S)NC(C)=O. The molecule has 4 nitrogen and oxygen atoms in total. The number of hydrogen-bond acceptors (Lipinski definition) is 4. The van der Waals surface area contributed by atoms with Crippen LogP contribution in [0.3, 0.4) is 0 Å². The molecule has 1 unspecified atom stereocenters. The molecule has 13 heavy (non-hydrogen) atoms. The molecule has 0 aromatic carbocycles. The van der Waals surface area contributed by atoms with E-state index in [9.17, 15) is 9.59 Å². The van der Waals surface area contributed by atoms with Crippen LogP contribution in [0.25, 0.3) is 0 Å². The minimum Gasteiger partial charge on any atom is -0.455 e. The molecule has 0 aliphatic carbocycles. The summed E-state index contributed by atoms with van der Waals surface area (Å²) in [5.74, 6) is -0.593. The molecule has 0 aliphatic rings. The molecule has 0 saturated heterocycles. The molecule has 0 bridgehead atoms. The van der Waals surface area contributed by atoms with E-state index >= 15 is 0 Å². The molecule has 0 aromatic heterocycles. The normalized spacial score (nSPS) is 11.6. The first kappa shape index (κ1) is 12.0. The number of thiocarbonyl (C=S) groups is 1. The number of hydrogen-bond donors (Lipinski definition) is 1. The Hall–Kier alpha value is -0.970. The van der Waals surface area contributed by atoms with Crippen molar-refractivity contribution >= 4 is 29.1 Å². The number of amides is 1. The van der Waals surface area contributed by atoms with Crippen LogP contribution < -0.4 is 5.32 Å². The highest BCUT2D eigenvalue weighted by Gasteiger charge is 2.13. The maximum absolute atomic E-state index is 10.8. The van der Waals surface area contributed by atoms with Crippen LogP contribution >= 0.6 is 12.2 Å². The molecular weight excluding hydrogens is 190 g/mol. The molecule has 1 N–H and O–H groups in total. The van der Waals surface area contributed by atoms with Crippen molar-refractivity contribution in [3.63, 3.8) is 0 Å². The minimum absolute atomic E-state index is 0.231. The van der Waals surface area contributed by atoms with Crippen LogP contribution in [0.1, 0.15) is 27.2 Å². The Morgan fingerprint density at radius 3 is 2.46 bits per heavy atom. The molecule has 0 heterocycles. The van der Waals surface area contributed by atoms with Gasteiger partial charge in [0, 0.05) is 13.3 Å². The number of carbonyl (C=O) groups excluding carboxylic acids is 2. The van der Waals surface area contributed by atoms with Gasteiger partial charge in [0.05, 0.1) is 0 Å². The molecule has 0 aliphatic heterocycles. The smallest absolute Gasteiger partial charge is 0.306 e. The number of carbonyl (C=O) groups is 2. The topological polar surface area (TPSA) is 55.4 Å². The van der Waals surface area contributed by atoms with E-state index in [0.717, 1.165) is 0 Å². The lowest BCUT2D eigenvalue weighted by Gasteiger charge is -2.13. The third kappa shape index (κ3) is 5.30. The summed E-state index contributed by atoms with van der Waals surface area (Å²) in [7, 11) is 0. The van der Waals surface area contributed by atoms with E-state index in [4.69, 9.17) is 17.0 Å². The van der Waals surface area contributed by atoms with Gasteiger partial charge < -0.3 is 10.1 Å². The largest absolute Gasteiger partial charge is 0.455 e. The second kappa shape index (κ2) is 5.64. The van der Waals surface area contributed by atoms with Crippen LogP contribution in [0.15, 0.2) is 0 Å². The lowest BCUT2D eigenvalue weighted by Crippen LogP contribution is -2.36. The third-order valence-corrected chi connectivity index (χ3v) is 1.70. The van der Waals surface area contributed by atoms with Crippen LogP contribution in [0.4, 0.5) is 0 Å². The summed E-state index contributed by atoms with van der Waals surface area (Å²) in [6.07, 6.45) is -0.251. The van der Waals surface area contributed by atoms with Crippen molar-refractivity contribution in [3.05, 3.63) is 0 Å². The van der Waals surface area contributed by atoms with Gasteiger partial charge in [-0.3, -0.25) is 9.59 Å². The van der Waals surface area contributed by atoms with Crippen LogP contribution in [0.2, 0.25) is 0 Å². The quantitative estimate of drug-likeness (QED) is 0.544. The van der Waals surface area contributed by atoms with Gasteiger partial charge in [0.25, 0.3) is 0 Å². The first-order valence-corrected chi connectivity index (χ1v) is 4.39. The maximum Gasteiger partial charge on any atom is 0.306 e. The van der Waals surface area contributed by atoms with E-state index in [1.807, 2.05) is 0 Å². The molecule has 74 valence electrons. The van der Waals surface area contributed by atoms with E-state index in [1.165, 1.54) is 6.92 Å². The van der Waals surface area contributed by atoms with E-state index in [2.05, 4.69) is 5.32 Å². The van der Waals surface area contributed by atoms with E-state index < -0.39 is 6.10 Å². The summed E-state index contributed by atoms with van der Waals surface area (Å²) in [4.78, 5) is 21.6. The maximum atomic E-state index is 10.8. The van der Waals surface area contributed by atoms with Crippen LogP contribution in [0.5, 0.6) is 0 Å². The highest BCUT2D eigenvalue weighted by molar-refractivity contribution is 7.80. The zero-order valence-electron chi connectivity index (χ0n) is 7.92. The van der Waals surface area contributed by atoms with Gasteiger partial charge in [-0.05, 0) is 6.92 Å². The number of ether oxygens (including phenoxy) is 1. The Labute approximate surface area is 82.6 Å². The third-order valence-electron chi connectivity index (χ3n) is 1.27. The van der Waals surface area contributed by atoms with Gasteiger partial charge in [-0.15, -0.1) is 0 Å². The predicted molar refractivity (Wildman–Crippen MR) is 52.3 cm³/mol. The Morgan fingerprint density at radius 1 is 1.54 bits per heavy atom. The van der Waals surface area contributed by atoms with Gasteiger partial charge in [0.15, 0.2) is 0 Å². The van der Waals surface area contributed by atoms with Crippen molar-refractivity contribution in [1.82, 2.24) is 5.32 Å². The van der Waals surface area contributed by atoms with Gasteiger partial charge >= 0.3 is 5.97 Å². The fourth-order valence-corrected chi connectivity index (χ4v) is 0.801. The zero-order chi connectivity index (χ0) is 10.4. The summed E-state index contributed by atoms with van der Waals surface area (Å²) in [6, 6.07) is 0. The molecule has 1 amide bonds. The van der Waals surface area contributed by atoms with Crippen molar-refractivity contribution in [1.29, 1.82) is 0 Å². The molecule has 0 rings (SSSR count). The lowest BCUT2D eigenvalue weighted by atomic mass is 10.4. The van der Waals surface area contributed by atoms with Crippen molar-refractivity contribution in [3.8, 4) is 0 Å². The number of esters is 1. The first-order valence-electron chi connectivity index (χ1n) is 3.98. The highest BCUT2D eigenvalue weighted by Crippen LogP contribution is 1.96. The van der Waals surface area contributed by atoms with Crippen LogP contribution in [-0.4, -0.2) is 23.0 Å². The summed E-state index contributed by atoms with van der Waals surface area (Å²) in [5.41, 5.74) is 0. The summed E-state index contributed by atoms with van der Waals surface area (Å²) < 4.78 is 4.87. The fourth-order valence-electron chi connectivity index (χ4n) is 0.609. The molecule has 0 radical (unpaired) electrons. The average Bonchev–Trinajstić information content (AvgIpc) is 2.02. The van der Waals surface area contributed by atoms with Gasteiger partial charge in [-0.25, -0.2) is 0 Å². The van der Waals surface area contributed by atoms with Gasteiger partial charge in [-0.2, -0.15) is 0 Å².